The summed E-state index contributed by atoms with van der Waals surface area (Å²) >= 11 is 3.30. The van der Waals surface area contributed by atoms with Crippen LogP contribution in [-0.2, 0) is 14.3 Å². The Morgan fingerprint density at radius 1 is 0.935 bits per heavy atom. The van der Waals surface area contributed by atoms with Crippen molar-refractivity contribution in [2.24, 2.45) is 23.7 Å². The van der Waals surface area contributed by atoms with Crippen LogP contribution in [0.2, 0.25) is 0 Å². The van der Waals surface area contributed by atoms with Crippen LogP contribution in [0.3, 0.4) is 0 Å². The van der Waals surface area contributed by atoms with Gasteiger partial charge in [0.2, 0.25) is 11.8 Å². The molecule has 0 radical (unpaired) electrons. The number of rotatable bonds is 5. The zero-order valence-electron chi connectivity index (χ0n) is 16.4. The number of anilines is 1. The first-order chi connectivity index (χ1) is 14.9. The summed E-state index contributed by atoms with van der Waals surface area (Å²) in [5, 5.41) is 0. The Labute approximate surface area is 187 Å². The minimum absolute atomic E-state index is 0.120. The SMILES string of the molecule is O=C(COC(=O)c1cccc(N2C(=O)[C@@H]3[C@H](C2=O)[C@@H]2C=C[C@H]3C2)c1)c1ccc(Br)cc1. The molecule has 1 saturated carbocycles. The first-order valence-corrected chi connectivity index (χ1v) is 10.9. The van der Waals surface area contributed by atoms with Crippen LogP contribution in [0.15, 0.2) is 65.2 Å². The van der Waals surface area contributed by atoms with Gasteiger partial charge in [-0.3, -0.25) is 14.4 Å². The van der Waals surface area contributed by atoms with Crippen LogP contribution in [0, 0.1) is 23.7 Å². The first kappa shape index (κ1) is 19.9. The van der Waals surface area contributed by atoms with E-state index >= 15 is 0 Å². The van der Waals surface area contributed by atoms with Gasteiger partial charge in [0.25, 0.3) is 0 Å². The summed E-state index contributed by atoms with van der Waals surface area (Å²) in [6, 6.07) is 13.0. The van der Waals surface area contributed by atoms with Gasteiger partial charge in [0.1, 0.15) is 0 Å². The second kappa shape index (κ2) is 7.57. The van der Waals surface area contributed by atoms with Crippen LogP contribution in [-0.4, -0.2) is 30.2 Å². The van der Waals surface area contributed by atoms with Gasteiger partial charge in [0.05, 0.1) is 23.1 Å². The van der Waals surface area contributed by atoms with Gasteiger partial charge in [-0.05, 0) is 48.6 Å². The highest BCUT2D eigenvalue weighted by Gasteiger charge is 2.59. The zero-order valence-corrected chi connectivity index (χ0v) is 17.9. The molecule has 1 heterocycles. The van der Waals surface area contributed by atoms with Gasteiger partial charge in [0, 0.05) is 10.0 Å². The van der Waals surface area contributed by atoms with E-state index in [0.717, 1.165) is 10.9 Å². The molecule has 156 valence electrons. The molecule has 3 aliphatic rings. The van der Waals surface area contributed by atoms with Crippen LogP contribution in [0.4, 0.5) is 5.69 Å². The number of esters is 1. The van der Waals surface area contributed by atoms with E-state index in [9.17, 15) is 19.2 Å². The molecular weight excluding hydrogens is 462 g/mol. The Hall–Kier alpha value is -3.06. The van der Waals surface area contributed by atoms with E-state index < -0.39 is 12.6 Å². The molecule has 0 N–H and O–H groups in total. The average molecular weight is 480 g/mol. The number of fused-ring (bicyclic) bond motifs is 5. The van der Waals surface area contributed by atoms with E-state index in [1.807, 2.05) is 12.2 Å². The number of carbonyl (C=O) groups excluding carboxylic acids is 4. The number of Topliss-reactive ketones (excluding diaryl/α,β-unsaturated/α-hetero) is 1. The Morgan fingerprint density at radius 2 is 1.58 bits per heavy atom. The maximum atomic E-state index is 13.0. The van der Waals surface area contributed by atoms with E-state index in [1.54, 1.807) is 36.4 Å². The summed E-state index contributed by atoms with van der Waals surface area (Å²) in [5.74, 6) is -1.79. The van der Waals surface area contributed by atoms with Gasteiger partial charge in [-0.2, -0.15) is 0 Å². The van der Waals surface area contributed by atoms with E-state index in [-0.39, 0.29) is 46.8 Å². The van der Waals surface area contributed by atoms with Crippen LogP contribution < -0.4 is 4.90 Å². The Bertz CT molecular complexity index is 1110. The van der Waals surface area contributed by atoms with E-state index in [1.165, 1.54) is 17.0 Å². The van der Waals surface area contributed by atoms with Gasteiger partial charge >= 0.3 is 5.97 Å². The summed E-state index contributed by atoms with van der Waals surface area (Å²) in [4.78, 5) is 51.9. The molecule has 4 atom stereocenters. The predicted octanol–water partition coefficient (Wildman–Crippen LogP) is 3.80. The van der Waals surface area contributed by atoms with Crippen molar-refractivity contribution in [1.29, 1.82) is 0 Å². The number of amides is 2. The summed E-state index contributed by atoms with van der Waals surface area (Å²) in [6.45, 7) is -0.397. The maximum absolute atomic E-state index is 13.0. The number of imide groups is 1. The van der Waals surface area contributed by atoms with Crippen molar-refractivity contribution in [2.45, 2.75) is 6.42 Å². The summed E-state index contributed by atoms with van der Waals surface area (Å²) in [6.07, 6.45) is 4.94. The second-order valence-corrected chi connectivity index (χ2v) is 8.98. The molecule has 2 aliphatic carbocycles. The van der Waals surface area contributed by atoms with Gasteiger partial charge in [0.15, 0.2) is 12.4 Å². The molecule has 2 aromatic rings. The Morgan fingerprint density at radius 3 is 2.23 bits per heavy atom. The molecule has 2 aromatic carbocycles. The molecule has 5 rings (SSSR count). The average Bonchev–Trinajstić information content (AvgIpc) is 3.46. The van der Waals surface area contributed by atoms with Crippen molar-refractivity contribution in [3.8, 4) is 0 Å². The lowest BCUT2D eigenvalue weighted by Crippen LogP contribution is -2.33. The molecule has 2 bridgehead atoms. The zero-order chi connectivity index (χ0) is 21.7. The summed E-state index contributed by atoms with van der Waals surface area (Å²) in [7, 11) is 0. The number of ketones is 1. The standard InChI is InChI=1S/C24H18BrNO5/c25-17-8-6-13(7-9-17)19(27)12-31-24(30)16-2-1-3-18(11-16)26-22(28)20-14-4-5-15(10-14)21(20)23(26)29/h1-9,11,14-15,20-21H,10,12H2/t14-,15+,20-,21+. The number of hydrogen-bond donors (Lipinski definition) is 0. The molecule has 1 saturated heterocycles. The topological polar surface area (TPSA) is 80.8 Å². The van der Waals surface area contributed by atoms with Gasteiger partial charge in [-0.1, -0.05) is 46.3 Å². The third-order valence-electron chi connectivity index (χ3n) is 6.31. The Kier molecular flexibility index (Phi) is 4.85. The molecule has 0 spiro atoms. The number of allylic oxidation sites excluding steroid dienone is 2. The normalized spacial score (nSPS) is 25.8. The summed E-state index contributed by atoms with van der Waals surface area (Å²) in [5.41, 5.74) is 0.977. The third kappa shape index (κ3) is 3.33. The Balaban J connectivity index is 1.30. The van der Waals surface area contributed by atoms with E-state index in [4.69, 9.17) is 4.74 Å². The van der Waals surface area contributed by atoms with Crippen LogP contribution in [0.1, 0.15) is 27.1 Å². The molecule has 2 fully saturated rings. The molecule has 1 aliphatic heterocycles. The van der Waals surface area contributed by atoms with Crippen molar-refractivity contribution in [1.82, 2.24) is 0 Å². The molecule has 6 nitrogen and oxygen atoms in total. The highest BCUT2D eigenvalue weighted by Crippen LogP contribution is 2.53. The van der Waals surface area contributed by atoms with Crippen LogP contribution in [0.5, 0.6) is 0 Å². The highest BCUT2D eigenvalue weighted by atomic mass is 79.9. The lowest BCUT2D eigenvalue weighted by Gasteiger charge is -2.18. The fourth-order valence-corrected chi connectivity index (χ4v) is 5.13. The lowest BCUT2D eigenvalue weighted by molar-refractivity contribution is -0.123. The fourth-order valence-electron chi connectivity index (χ4n) is 4.86. The third-order valence-corrected chi connectivity index (χ3v) is 6.84. The highest BCUT2D eigenvalue weighted by molar-refractivity contribution is 9.10. The number of nitrogens with zero attached hydrogens (tertiary/aromatic N) is 1. The number of carbonyl (C=O) groups is 4. The van der Waals surface area contributed by atoms with Crippen molar-refractivity contribution in [2.75, 3.05) is 11.5 Å². The molecule has 7 heteroatoms. The summed E-state index contributed by atoms with van der Waals surface area (Å²) < 4.78 is 6.01. The van der Waals surface area contributed by atoms with Crippen molar-refractivity contribution < 1.29 is 23.9 Å². The van der Waals surface area contributed by atoms with Gasteiger partial charge in [-0.15, -0.1) is 0 Å². The maximum Gasteiger partial charge on any atom is 0.338 e. The largest absolute Gasteiger partial charge is 0.454 e. The predicted molar refractivity (Wildman–Crippen MR) is 115 cm³/mol. The van der Waals surface area contributed by atoms with E-state index in [0.29, 0.717) is 11.3 Å². The van der Waals surface area contributed by atoms with Crippen LogP contribution >= 0.6 is 15.9 Å². The van der Waals surface area contributed by atoms with Crippen molar-refractivity contribution >= 4 is 45.2 Å². The second-order valence-electron chi connectivity index (χ2n) is 8.07. The van der Waals surface area contributed by atoms with Crippen LogP contribution in [0.25, 0.3) is 0 Å². The molecule has 0 aromatic heterocycles. The van der Waals surface area contributed by atoms with Gasteiger partial charge in [-0.25, -0.2) is 9.69 Å². The number of hydrogen-bond acceptors (Lipinski definition) is 5. The minimum Gasteiger partial charge on any atom is -0.454 e. The van der Waals surface area contributed by atoms with Crippen molar-refractivity contribution in [3.63, 3.8) is 0 Å². The smallest absolute Gasteiger partial charge is 0.338 e. The monoisotopic (exact) mass is 479 g/mol. The van der Waals surface area contributed by atoms with Gasteiger partial charge < -0.3 is 4.74 Å². The molecule has 2 amide bonds. The molecule has 0 unspecified atom stereocenters. The number of benzene rings is 2. The quantitative estimate of drug-likeness (QED) is 0.282. The van der Waals surface area contributed by atoms with E-state index in [2.05, 4.69) is 15.9 Å². The van der Waals surface area contributed by atoms with Crippen molar-refractivity contribution in [3.05, 3.63) is 76.3 Å². The lowest BCUT2D eigenvalue weighted by atomic mass is 9.85. The molecule has 31 heavy (non-hydrogen) atoms. The minimum atomic E-state index is -0.687. The first-order valence-electron chi connectivity index (χ1n) is 10.1. The molecular formula is C24H18BrNO5. The fraction of sp³-hybridized carbons (Fsp3) is 0.250. The number of ether oxygens (including phenoxy) is 1. The number of halogens is 1.